The molecule has 1 N–H and O–H groups in total. The van der Waals surface area contributed by atoms with Crippen LogP contribution in [0.1, 0.15) is 30.5 Å². The molecule has 0 bridgehead atoms. The lowest BCUT2D eigenvalue weighted by atomic mass is 10.1. The van der Waals surface area contributed by atoms with Gasteiger partial charge in [-0.15, -0.1) is 0 Å². The SMILES string of the molecule is COc1ccc(CCC(=O)NC(C)c2ccc(F)cc2F)cc1Cl. The minimum atomic E-state index is -0.676. The number of hydrogen-bond donors (Lipinski definition) is 1. The van der Waals surface area contributed by atoms with E-state index in [4.69, 9.17) is 16.3 Å². The Morgan fingerprint density at radius 3 is 2.62 bits per heavy atom. The van der Waals surface area contributed by atoms with Crippen LogP contribution in [0, 0.1) is 11.6 Å². The van der Waals surface area contributed by atoms with E-state index in [1.165, 1.54) is 19.2 Å². The molecule has 2 rings (SSSR count). The summed E-state index contributed by atoms with van der Waals surface area (Å²) in [6, 6.07) is 8.08. The number of halogens is 3. The lowest BCUT2D eigenvalue weighted by molar-refractivity contribution is -0.121. The zero-order valence-corrected chi connectivity index (χ0v) is 14.2. The predicted molar refractivity (Wildman–Crippen MR) is 89.2 cm³/mol. The summed E-state index contributed by atoms with van der Waals surface area (Å²) in [6.45, 7) is 1.65. The molecule has 0 heterocycles. The van der Waals surface area contributed by atoms with Crippen molar-refractivity contribution in [2.45, 2.75) is 25.8 Å². The van der Waals surface area contributed by atoms with E-state index in [9.17, 15) is 13.6 Å². The van der Waals surface area contributed by atoms with Crippen molar-refractivity contribution in [3.05, 3.63) is 64.2 Å². The van der Waals surface area contributed by atoms with Crippen LogP contribution >= 0.6 is 11.6 Å². The van der Waals surface area contributed by atoms with Gasteiger partial charge in [-0.1, -0.05) is 23.7 Å². The van der Waals surface area contributed by atoms with Gasteiger partial charge < -0.3 is 10.1 Å². The van der Waals surface area contributed by atoms with Gasteiger partial charge in [-0.05, 0) is 37.1 Å². The highest BCUT2D eigenvalue weighted by Crippen LogP contribution is 2.25. The van der Waals surface area contributed by atoms with Gasteiger partial charge in [-0.2, -0.15) is 0 Å². The minimum Gasteiger partial charge on any atom is -0.495 e. The number of rotatable bonds is 6. The molecule has 0 radical (unpaired) electrons. The molecule has 0 saturated heterocycles. The van der Waals surface area contributed by atoms with Gasteiger partial charge in [0.25, 0.3) is 0 Å². The third-order valence-electron chi connectivity index (χ3n) is 3.66. The van der Waals surface area contributed by atoms with Crippen LogP contribution in [0.4, 0.5) is 8.78 Å². The Labute approximate surface area is 144 Å². The lowest BCUT2D eigenvalue weighted by Gasteiger charge is -2.15. The van der Waals surface area contributed by atoms with E-state index in [0.29, 0.717) is 17.2 Å². The van der Waals surface area contributed by atoms with Crippen molar-refractivity contribution >= 4 is 17.5 Å². The summed E-state index contributed by atoms with van der Waals surface area (Å²) >= 11 is 6.04. The maximum Gasteiger partial charge on any atom is 0.220 e. The highest BCUT2D eigenvalue weighted by atomic mass is 35.5. The molecular formula is C18H18ClF2NO2. The van der Waals surface area contributed by atoms with Crippen molar-refractivity contribution in [1.82, 2.24) is 5.32 Å². The van der Waals surface area contributed by atoms with Crippen LogP contribution in [0.15, 0.2) is 36.4 Å². The molecule has 0 aliphatic rings. The molecule has 2 aromatic carbocycles. The third kappa shape index (κ3) is 4.68. The first-order valence-corrected chi connectivity index (χ1v) is 7.85. The fraction of sp³-hybridized carbons (Fsp3) is 0.278. The zero-order chi connectivity index (χ0) is 17.7. The summed E-state index contributed by atoms with van der Waals surface area (Å²) < 4.78 is 31.7. The summed E-state index contributed by atoms with van der Waals surface area (Å²) in [5, 5.41) is 3.19. The van der Waals surface area contributed by atoms with E-state index in [1.807, 2.05) is 6.07 Å². The third-order valence-corrected chi connectivity index (χ3v) is 3.96. The largest absolute Gasteiger partial charge is 0.495 e. The number of carbonyl (C=O) groups excluding carboxylic acids is 1. The second kappa shape index (κ2) is 8.11. The highest BCUT2D eigenvalue weighted by molar-refractivity contribution is 6.32. The maximum absolute atomic E-state index is 13.7. The number of carbonyl (C=O) groups is 1. The van der Waals surface area contributed by atoms with Crippen LogP contribution in [-0.4, -0.2) is 13.0 Å². The smallest absolute Gasteiger partial charge is 0.220 e. The number of benzene rings is 2. The first kappa shape index (κ1) is 18.2. The van der Waals surface area contributed by atoms with Crippen molar-refractivity contribution in [2.75, 3.05) is 7.11 Å². The molecule has 6 heteroatoms. The fourth-order valence-corrected chi connectivity index (χ4v) is 2.65. The van der Waals surface area contributed by atoms with E-state index in [2.05, 4.69) is 5.32 Å². The van der Waals surface area contributed by atoms with E-state index in [0.717, 1.165) is 11.6 Å². The quantitative estimate of drug-likeness (QED) is 0.834. The van der Waals surface area contributed by atoms with E-state index in [-0.39, 0.29) is 17.9 Å². The zero-order valence-electron chi connectivity index (χ0n) is 13.4. The van der Waals surface area contributed by atoms with Crippen LogP contribution < -0.4 is 10.1 Å². The first-order valence-electron chi connectivity index (χ1n) is 7.47. The Kier molecular flexibility index (Phi) is 6.15. The Balaban J connectivity index is 1.92. The van der Waals surface area contributed by atoms with E-state index in [1.54, 1.807) is 19.1 Å². The Morgan fingerprint density at radius 2 is 2.00 bits per heavy atom. The number of nitrogens with one attached hydrogen (secondary N) is 1. The van der Waals surface area contributed by atoms with E-state index >= 15 is 0 Å². The molecule has 1 unspecified atom stereocenters. The molecule has 2 aromatic rings. The number of amides is 1. The summed E-state index contributed by atoms with van der Waals surface area (Å²) in [6.07, 6.45) is 0.726. The van der Waals surface area contributed by atoms with Gasteiger partial charge in [0.2, 0.25) is 5.91 Å². The van der Waals surface area contributed by atoms with Gasteiger partial charge in [-0.25, -0.2) is 8.78 Å². The molecule has 0 saturated carbocycles. The normalized spacial score (nSPS) is 11.9. The van der Waals surface area contributed by atoms with Crippen LogP contribution in [0.5, 0.6) is 5.75 Å². The van der Waals surface area contributed by atoms with Crippen molar-refractivity contribution in [3.63, 3.8) is 0 Å². The highest BCUT2D eigenvalue weighted by Gasteiger charge is 2.14. The molecule has 0 aliphatic carbocycles. The summed E-state index contributed by atoms with van der Waals surface area (Å²) in [5.74, 6) is -0.973. The average Bonchev–Trinajstić information content (AvgIpc) is 2.52. The molecule has 128 valence electrons. The molecule has 1 amide bonds. The van der Waals surface area contributed by atoms with Crippen molar-refractivity contribution in [3.8, 4) is 5.75 Å². The molecule has 3 nitrogen and oxygen atoms in total. The van der Waals surface area contributed by atoms with Crippen LogP contribution in [0.2, 0.25) is 5.02 Å². The average molecular weight is 354 g/mol. The molecular weight excluding hydrogens is 336 g/mol. The van der Waals surface area contributed by atoms with Gasteiger partial charge in [-0.3, -0.25) is 4.79 Å². The molecule has 24 heavy (non-hydrogen) atoms. The number of aryl methyl sites for hydroxylation is 1. The molecule has 0 fully saturated rings. The summed E-state index contributed by atoms with van der Waals surface area (Å²) in [7, 11) is 1.53. The number of ether oxygens (including phenoxy) is 1. The van der Waals surface area contributed by atoms with Gasteiger partial charge >= 0.3 is 0 Å². The van der Waals surface area contributed by atoms with Gasteiger partial charge in [0.15, 0.2) is 0 Å². The Morgan fingerprint density at radius 1 is 1.25 bits per heavy atom. The fourth-order valence-electron chi connectivity index (χ4n) is 2.37. The van der Waals surface area contributed by atoms with Gasteiger partial charge in [0.1, 0.15) is 17.4 Å². The van der Waals surface area contributed by atoms with Crippen molar-refractivity contribution in [1.29, 1.82) is 0 Å². The minimum absolute atomic E-state index is 0.224. The van der Waals surface area contributed by atoms with Crippen LogP contribution in [0.25, 0.3) is 0 Å². The number of hydrogen-bond acceptors (Lipinski definition) is 2. The predicted octanol–water partition coefficient (Wildman–Crippen LogP) is 4.44. The van der Waals surface area contributed by atoms with Gasteiger partial charge in [0, 0.05) is 18.1 Å². The van der Waals surface area contributed by atoms with Crippen LogP contribution in [0.3, 0.4) is 0 Å². The second-order valence-electron chi connectivity index (χ2n) is 5.42. The monoisotopic (exact) mass is 353 g/mol. The van der Waals surface area contributed by atoms with Crippen LogP contribution in [-0.2, 0) is 11.2 Å². The maximum atomic E-state index is 13.7. The number of methoxy groups -OCH3 is 1. The summed E-state index contributed by atoms with van der Waals surface area (Å²) in [5.41, 5.74) is 1.15. The van der Waals surface area contributed by atoms with Crippen molar-refractivity contribution < 1.29 is 18.3 Å². The lowest BCUT2D eigenvalue weighted by Crippen LogP contribution is -2.27. The summed E-state index contributed by atoms with van der Waals surface area (Å²) in [4.78, 5) is 12.0. The Bertz CT molecular complexity index is 737. The molecule has 0 spiro atoms. The molecule has 1 atom stereocenters. The molecule has 0 aliphatic heterocycles. The Hall–Kier alpha value is -2.14. The second-order valence-corrected chi connectivity index (χ2v) is 5.83. The molecule has 0 aromatic heterocycles. The van der Waals surface area contributed by atoms with Gasteiger partial charge in [0.05, 0.1) is 18.2 Å². The topological polar surface area (TPSA) is 38.3 Å². The van der Waals surface area contributed by atoms with E-state index < -0.39 is 17.7 Å². The first-order chi connectivity index (χ1) is 11.4. The standard InChI is InChI=1S/C18H18ClF2NO2/c1-11(14-6-5-13(20)10-16(14)21)22-18(23)8-4-12-3-7-17(24-2)15(19)9-12/h3,5-7,9-11H,4,8H2,1-2H3,(H,22,23). The van der Waals surface area contributed by atoms with Crippen molar-refractivity contribution in [2.24, 2.45) is 0 Å².